The van der Waals surface area contributed by atoms with Gasteiger partial charge in [0.2, 0.25) is 0 Å². The fraction of sp³-hybridized carbons (Fsp3) is 0.143. The third-order valence-electron chi connectivity index (χ3n) is 1.24. The van der Waals surface area contributed by atoms with Gasteiger partial charge in [-0.05, 0) is 18.6 Å². The number of nitrogens with two attached hydrogens (primary N) is 1. The van der Waals surface area contributed by atoms with Crippen molar-refractivity contribution >= 4 is 5.69 Å². The molecule has 0 radical (unpaired) electrons. The molecule has 0 heterocycles. The topological polar surface area (TPSA) is 49.1 Å². The van der Waals surface area contributed by atoms with Crippen molar-refractivity contribution in [3.8, 4) is 5.75 Å². The molecule has 1 rings (SSSR count). The summed E-state index contributed by atoms with van der Waals surface area (Å²) >= 11 is 0. The van der Waals surface area contributed by atoms with Crippen LogP contribution in [0, 0.1) is 6.92 Å². The normalized spacial score (nSPS) is 8.50. The van der Waals surface area contributed by atoms with Crippen molar-refractivity contribution in [2.24, 2.45) is 0 Å². The number of benzene rings is 1. The zero-order valence-electron chi connectivity index (χ0n) is 6.22. The minimum atomic E-state index is 0. The molecular formula is C7H8LiNO. The van der Waals surface area contributed by atoms with E-state index in [1.54, 1.807) is 6.07 Å². The molecule has 0 spiro atoms. The number of hydrogen-bond donors (Lipinski definition) is 1. The number of aryl methyl sites for hydroxylation is 1. The Labute approximate surface area is 72.2 Å². The van der Waals surface area contributed by atoms with Gasteiger partial charge in [-0.25, -0.2) is 0 Å². The molecule has 0 aliphatic heterocycles. The molecule has 0 unspecified atom stereocenters. The van der Waals surface area contributed by atoms with Crippen LogP contribution in [0.3, 0.4) is 0 Å². The average Bonchev–Trinajstić information content (AvgIpc) is 1.80. The summed E-state index contributed by atoms with van der Waals surface area (Å²) in [5.41, 5.74) is 6.97. The third kappa shape index (κ3) is 1.98. The van der Waals surface area contributed by atoms with Crippen LogP contribution in [0.4, 0.5) is 5.69 Å². The molecule has 0 aromatic heterocycles. The Balaban J connectivity index is 0.000000810. The summed E-state index contributed by atoms with van der Waals surface area (Å²) in [6.45, 7) is 1.82. The van der Waals surface area contributed by atoms with Gasteiger partial charge in [0.15, 0.2) is 0 Å². The molecule has 2 nitrogen and oxygen atoms in total. The summed E-state index contributed by atoms with van der Waals surface area (Å²) in [5, 5.41) is 10.6. The minimum absolute atomic E-state index is 0. The van der Waals surface area contributed by atoms with Gasteiger partial charge >= 0.3 is 18.9 Å². The van der Waals surface area contributed by atoms with Gasteiger partial charge in [-0.3, -0.25) is 0 Å². The first kappa shape index (κ1) is 9.42. The van der Waals surface area contributed by atoms with Crippen LogP contribution in [0.2, 0.25) is 0 Å². The second kappa shape index (κ2) is 3.55. The average molecular weight is 129 g/mol. The second-order valence-electron chi connectivity index (χ2n) is 2.02. The van der Waals surface area contributed by atoms with Gasteiger partial charge in [0.25, 0.3) is 0 Å². The zero-order valence-corrected chi connectivity index (χ0v) is 6.22. The molecule has 0 amide bonds. The van der Waals surface area contributed by atoms with Crippen molar-refractivity contribution in [3.05, 3.63) is 23.8 Å². The molecule has 0 saturated heterocycles. The van der Waals surface area contributed by atoms with Gasteiger partial charge in [0.05, 0.1) is 0 Å². The molecular weight excluding hydrogens is 121 g/mol. The summed E-state index contributed by atoms with van der Waals surface area (Å²) in [4.78, 5) is 0. The molecule has 1 aromatic carbocycles. The molecule has 0 fully saturated rings. The summed E-state index contributed by atoms with van der Waals surface area (Å²) in [6.07, 6.45) is 0. The van der Waals surface area contributed by atoms with E-state index in [-0.39, 0.29) is 24.6 Å². The van der Waals surface area contributed by atoms with E-state index < -0.39 is 0 Å². The number of hydrogen-bond acceptors (Lipinski definition) is 2. The van der Waals surface area contributed by atoms with E-state index in [0.717, 1.165) is 5.56 Å². The van der Waals surface area contributed by atoms with Crippen LogP contribution in [0.25, 0.3) is 0 Å². The number of rotatable bonds is 0. The minimum Gasteiger partial charge on any atom is -0.872 e. The predicted molar refractivity (Wildman–Crippen MR) is 35.0 cm³/mol. The maximum atomic E-state index is 10.6. The Hall–Kier alpha value is -0.583. The van der Waals surface area contributed by atoms with Crippen LogP contribution < -0.4 is 29.7 Å². The molecule has 0 saturated carbocycles. The molecule has 3 heteroatoms. The smallest absolute Gasteiger partial charge is 0.872 e. The van der Waals surface area contributed by atoms with E-state index in [4.69, 9.17) is 5.73 Å². The van der Waals surface area contributed by atoms with Crippen LogP contribution in [0.5, 0.6) is 5.75 Å². The largest absolute Gasteiger partial charge is 1.00 e. The monoisotopic (exact) mass is 129 g/mol. The molecule has 0 aliphatic carbocycles. The van der Waals surface area contributed by atoms with E-state index in [0.29, 0.717) is 5.69 Å². The first-order valence-electron chi connectivity index (χ1n) is 2.73. The second-order valence-corrected chi connectivity index (χ2v) is 2.02. The van der Waals surface area contributed by atoms with Crippen LogP contribution in [-0.4, -0.2) is 0 Å². The third-order valence-corrected chi connectivity index (χ3v) is 1.24. The summed E-state index contributed by atoms with van der Waals surface area (Å²) in [7, 11) is 0. The molecule has 0 atom stereocenters. The van der Waals surface area contributed by atoms with Crippen LogP contribution in [0.15, 0.2) is 18.2 Å². The van der Waals surface area contributed by atoms with E-state index >= 15 is 0 Å². The maximum Gasteiger partial charge on any atom is 1.00 e. The van der Waals surface area contributed by atoms with E-state index in [9.17, 15) is 5.11 Å². The van der Waals surface area contributed by atoms with Crippen molar-refractivity contribution < 1.29 is 24.0 Å². The van der Waals surface area contributed by atoms with Crippen LogP contribution in [0.1, 0.15) is 5.56 Å². The van der Waals surface area contributed by atoms with Crippen LogP contribution >= 0.6 is 0 Å². The van der Waals surface area contributed by atoms with E-state index in [2.05, 4.69) is 0 Å². The number of nitrogen functional groups attached to an aromatic ring is 1. The fourth-order valence-electron chi connectivity index (χ4n) is 0.648. The molecule has 0 bridgehead atoms. The van der Waals surface area contributed by atoms with Crippen molar-refractivity contribution in [2.45, 2.75) is 6.92 Å². The van der Waals surface area contributed by atoms with E-state index in [1.807, 2.05) is 6.92 Å². The first-order chi connectivity index (χ1) is 4.20. The van der Waals surface area contributed by atoms with Gasteiger partial charge in [0.1, 0.15) is 0 Å². The quantitative estimate of drug-likeness (QED) is 0.315. The molecule has 10 heavy (non-hydrogen) atoms. The molecule has 48 valence electrons. The maximum absolute atomic E-state index is 10.6. The van der Waals surface area contributed by atoms with Crippen molar-refractivity contribution in [1.82, 2.24) is 0 Å². The van der Waals surface area contributed by atoms with Crippen molar-refractivity contribution in [2.75, 3.05) is 5.73 Å². The zero-order chi connectivity index (χ0) is 6.85. The fourth-order valence-corrected chi connectivity index (χ4v) is 0.648. The number of anilines is 1. The van der Waals surface area contributed by atoms with Gasteiger partial charge in [-0.1, -0.05) is 12.1 Å². The first-order valence-corrected chi connectivity index (χ1v) is 2.73. The van der Waals surface area contributed by atoms with Gasteiger partial charge in [-0.15, -0.1) is 5.75 Å². The van der Waals surface area contributed by atoms with Gasteiger partial charge in [-0.2, -0.15) is 0 Å². The summed E-state index contributed by atoms with van der Waals surface area (Å²) in [6, 6.07) is 4.61. The van der Waals surface area contributed by atoms with Gasteiger partial charge < -0.3 is 10.8 Å². The predicted octanol–water partition coefficient (Wildman–Crippen LogP) is -2.35. The molecule has 2 N–H and O–H groups in total. The van der Waals surface area contributed by atoms with Crippen molar-refractivity contribution in [1.29, 1.82) is 0 Å². The SMILES string of the molecule is Cc1cc([O-])ccc1N.[Li+]. The van der Waals surface area contributed by atoms with Crippen molar-refractivity contribution in [3.63, 3.8) is 0 Å². The molecule has 1 aromatic rings. The standard InChI is InChI=1S/C7H9NO.Li/c1-5-4-6(9)2-3-7(5)8;/h2-4,9H,8H2,1H3;/q;+1/p-1. The van der Waals surface area contributed by atoms with Gasteiger partial charge in [0, 0.05) is 5.69 Å². The summed E-state index contributed by atoms with van der Waals surface area (Å²) in [5.74, 6) is 0.0155. The van der Waals surface area contributed by atoms with E-state index in [1.165, 1.54) is 12.1 Å². The molecule has 0 aliphatic rings. The summed E-state index contributed by atoms with van der Waals surface area (Å²) < 4.78 is 0. The Morgan fingerprint density at radius 1 is 1.40 bits per heavy atom. The van der Waals surface area contributed by atoms with Crippen LogP contribution in [-0.2, 0) is 0 Å². The Bertz CT molecular complexity index is 225. The Morgan fingerprint density at radius 2 is 2.00 bits per heavy atom. The Kier molecular flexibility index (Phi) is 3.35. The Morgan fingerprint density at radius 3 is 2.40 bits per heavy atom.